The summed E-state index contributed by atoms with van der Waals surface area (Å²) >= 11 is 0. The molecule has 4 rings (SSSR count). The maximum atomic E-state index is 11.9. The molecule has 1 unspecified atom stereocenters. The molecule has 1 atom stereocenters. The van der Waals surface area contributed by atoms with Crippen molar-refractivity contribution in [2.45, 2.75) is 6.10 Å². The third-order valence-electron chi connectivity index (χ3n) is 4.97. The van der Waals surface area contributed by atoms with E-state index in [0.717, 1.165) is 16.5 Å². The zero-order valence-corrected chi connectivity index (χ0v) is 17.9. The monoisotopic (exact) mass is 430 g/mol. The topological polar surface area (TPSA) is 88.4 Å². The SMILES string of the molecule is COc1cc(C2CN=C(c3ccc4c(ccn4S(C)(=O)=O)c3)O2)cc(OC)c1OC. The smallest absolute Gasteiger partial charge is 0.236 e. The first kappa shape index (κ1) is 20.1. The van der Waals surface area contributed by atoms with Crippen LogP contribution in [0.15, 0.2) is 47.6 Å². The third-order valence-corrected chi connectivity index (χ3v) is 6.01. The molecule has 1 aliphatic heterocycles. The Kier molecular flexibility index (Phi) is 5.07. The van der Waals surface area contributed by atoms with Crippen molar-refractivity contribution in [3.05, 3.63) is 53.7 Å². The van der Waals surface area contributed by atoms with Crippen LogP contribution in [0.2, 0.25) is 0 Å². The van der Waals surface area contributed by atoms with E-state index in [4.69, 9.17) is 18.9 Å². The maximum Gasteiger partial charge on any atom is 0.236 e. The molecule has 0 N–H and O–H groups in total. The van der Waals surface area contributed by atoms with E-state index in [1.54, 1.807) is 45.7 Å². The molecule has 0 amide bonds. The number of hydrogen-bond donors (Lipinski definition) is 0. The van der Waals surface area contributed by atoms with Gasteiger partial charge in [-0.15, -0.1) is 0 Å². The van der Waals surface area contributed by atoms with Gasteiger partial charge in [-0.25, -0.2) is 17.4 Å². The van der Waals surface area contributed by atoms with E-state index in [2.05, 4.69) is 4.99 Å². The Labute approximate surface area is 174 Å². The fourth-order valence-corrected chi connectivity index (χ4v) is 4.34. The summed E-state index contributed by atoms with van der Waals surface area (Å²) in [5.41, 5.74) is 2.25. The molecule has 1 aromatic heterocycles. The molecule has 0 spiro atoms. The number of benzene rings is 2. The Bertz CT molecular complexity index is 1220. The van der Waals surface area contributed by atoms with Crippen molar-refractivity contribution in [1.29, 1.82) is 0 Å². The summed E-state index contributed by atoms with van der Waals surface area (Å²) in [6.45, 7) is 0.441. The van der Waals surface area contributed by atoms with E-state index in [1.165, 1.54) is 10.2 Å². The summed E-state index contributed by atoms with van der Waals surface area (Å²) in [5.74, 6) is 2.12. The van der Waals surface area contributed by atoms with Crippen LogP contribution in [-0.4, -0.2) is 52.4 Å². The molecular weight excluding hydrogens is 408 g/mol. The van der Waals surface area contributed by atoms with Crippen LogP contribution in [0.3, 0.4) is 0 Å². The number of aliphatic imine (C=N–C) groups is 1. The first-order valence-electron chi connectivity index (χ1n) is 9.18. The van der Waals surface area contributed by atoms with Gasteiger partial charge >= 0.3 is 0 Å². The predicted octanol–water partition coefficient (Wildman–Crippen LogP) is 2.99. The highest BCUT2D eigenvalue weighted by Crippen LogP contribution is 2.41. The molecule has 0 radical (unpaired) electrons. The number of rotatable bonds is 6. The van der Waals surface area contributed by atoms with Gasteiger partial charge in [0.25, 0.3) is 0 Å². The second-order valence-electron chi connectivity index (χ2n) is 6.86. The van der Waals surface area contributed by atoms with Crippen LogP contribution in [0.4, 0.5) is 0 Å². The van der Waals surface area contributed by atoms with E-state index in [9.17, 15) is 8.42 Å². The van der Waals surface area contributed by atoms with Crippen molar-refractivity contribution in [2.75, 3.05) is 34.1 Å². The summed E-state index contributed by atoms with van der Waals surface area (Å²) in [6.07, 6.45) is 2.41. The summed E-state index contributed by atoms with van der Waals surface area (Å²) in [4.78, 5) is 4.54. The van der Waals surface area contributed by atoms with Gasteiger partial charge in [0.2, 0.25) is 21.7 Å². The molecule has 2 aromatic carbocycles. The molecule has 9 heteroatoms. The average Bonchev–Trinajstić information content (AvgIpc) is 3.39. The largest absolute Gasteiger partial charge is 0.493 e. The van der Waals surface area contributed by atoms with Crippen molar-refractivity contribution in [3.63, 3.8) is 0 Å². The van der Waals surface area contributed by atoms with E-state index in [-0.39, 0.29) is 6.10 Å². The Hall–Kier alpha value is -3.20. The minimum absolute atomic E-state index is 0.301. The second-order valence-corrected chi connectivity index (χ2v) is 8.72. The average molecular weight is 430 g/mol. The summed E-state index contributed by atoms with van der Waals surface area (Å²) in [5, 5.41) is 0.792. The normalized spacial score (nSPS) is 16.3. The molecule has 0 aliphatic carbocycles. The van der Waals surface area contributed by atoms with Gasteiger partial charge in [-0.05, 0) is 36.4 Å². The van der Waals surface area contributed by atoms with E-state index >= 15 is 0 Å². The van der Waals surface area contributed by atoms with E-state index in [0.29, 0.717) is 35.2 Å². The highest BCUT2D eigenvalue weighted by atomic mass is 32.2. The van der Waals surface area contributed by atoms with Crippen LogP contribution < -0.4 is 14.2 Å². The van der Waals surface area contributed by atoms with Gasteiger partial charge in [0, 0.05) is 22.7 Å². The molecule has 8 nitrogen and oxygen atoms in total. The quantitative estimate of drug-likeness (QED) is 0.597. The summed E-state index contributed by atoms with van der Waals surface area (Å²) < 4.78 is 47.3. The van der Waals surface area contributed by atoms with Gasteiger partial charge in [-0.2, -0.15) is 0 Å². The summed E-state index contributed by atoms with van der Waals surface area (Å²) in [7, 11) is 1.33. The zero-order valence-electron chi connectivity index (χ0n) is 17.1. The molecule has 158 valence electrons. The number of methoxy groups -OCH3 is 3. The van der Waals surface area contributed by atoms with Crippen LogP contribution >= 0.6 is 0 Å². The third kappa shape index (κ3) is 3.45. The number of hydrogen-bond acceptors (Lipinski definition) is 7. The van der Waals surface area contributed by atoms with Crippen molar-refractivity contribution in [3.8, 4) is 17.2 Å². The highest BCUT2D eigenvalue weighted by molar-refractivity contribution is 7.89. The second kappa shape index (κ2) is 7.56. The number of ether oxygens (including phenoxy) is 4. The standard InChI is InChI=1S/C21H22N2O6S/c1-26-17-10-15(11-18(27-2)20(17)28-3)19-12-22-21(29-19)14-5-6-16-13(9-14)7-8-23(16)30(4,24)25/h5-11,19H,12H2,1-4H3. The van der Waals surface area contributed by atoms with Gasteiger partial charge in [-0.3, -0.25) is 0 Å². The molecule has 1 aliphatic rings. The molecule has 0 fully saturated rings. The molecule has 30 heavy (non-hydrogen) atoms. The number of nitrogens with zero attached hydrogens (tertiary/aromatic N) is 2. The van der Waals surface area contributed by atoms with Crippen molar-refractivity contribution in [2.24, 2.45) is 4.99 Å². The van der Waals surface area contributed by atoms with Crippen LogP contribution in [0.5, 0.6) is 17.2 Å². The Morgan fingerprint density at radius 2 is 1.73 bits per heavy atom. The first-order chi connectivity index (χ1) is 14.4. The minimum Gasteiger partial charge on any atom is -0.493 e. The lowest BCUT2D eigenvalue weighted by Gasteiger charge is -2.17. The Morgan fingerprint density at radius 1 is 1.03 bits per heavy atom. The summed E-state index contributed by atoms with van der Waals surface area (Å²) in [6, 6.07) is 10.9. The van der Waals surface area contributed by atoms with Crippen LogP contribution in [0.25, 0.3) is 10.9 Å². The number of aromatic nitrogens is 1. The Morgan fingerprint density at radius 3 is 2.33 bits per heavy atom. The van der Waals surface area contributed by atoms with Crippen molar-refractivity contribution < 1.29 is 27.4 Å². The van der Waals surface area contributed by atoms with Gasteiger partial charge in [-0.1, -0.05) is 0 Å². The molecule has 3 aromatic rings. The van der Waals surface area contributed by atoms with E-state index < -0.39 is 10.0 Å². The molecular formula is C21H22N2O6S. The van der Waals surface area contributed by atoms with Crippen LogP contribution in [0, 0.1) is 0 Å². The lowest BCUT2D eigenvalue weighted by atomic mass is 10.1. The predicted molar refractivity (Wildman–Crippen MR) is 114 cm³/mol. The van der Waals surface area contributed by atoms with Crippen molar-refractivity contribution in [1.82, 2.24) is 3.97 Å². The van der Waals surface area contributed by atoms with Crippen LogP contribution in [0.1, 0.15) is 17.2 Å². The number of fused-ring (bicyclic) bond motifs is 1. The van der Waals surface area contributed by atoms with Crippen LogP contribution in [-0.2, 0) is 14.8 Å². The van der Waals surface area contributed by atoms with E-state index in [1.807, 2.05) is 18.2 Å². The van der Waals surface area contributed by atoms with Crippen molar-refractivity contribution >= 4 is 26.8 Å². The van der Waals surface area contributed by atoms with Gasteiger partial charge in [0.1, 0.15) is 6.10 Å². The first-order valence-corrected chi connectivity index (χ1v) is 11.0. The molecule has 2 heterocycles. The lowest BCUT2D eigenvalue weighted by Crippen LogP contribution is -2.09. The minimum atomic E-state index is -3.36. The zero-order chi connectivity index (χ0) is 21.5. The maximum absolute atomic E-state index is 11.9. The fourth-order valence-electron chi connectivity index (χ4n) is 3.53. The molecule has 0 saturated heterocycles. The molecule has 0 bridgehead atoms. The van der Waals surface area contributed by atoms with Gasteiger partial charge in [0.15, 0.2) is 11.5 Å². The highest BCUT2D eigenvalue weighted by Gasteiger charge is 2.26. The molecule has 0 saturated carbocycles. The fraction of sp³-hybridized carbons (Fsp3) is 0.286. The lowest BCUT2D eigenvalue weighted by molar-refractivity contribution is 0.228. The van der Waals surface area contributed by atoms with Gasteiger partial charge in [0.05, 0.1) is 39.6 Å². The van der Waals surface area contributed by atoms with Gasteiger partial charge < -0.3 is 18.9 Å². The Balaban J connectivity index is 1.62.